The number of hydrazone groups is 1. The minimum atomic E-state index is -3.85. The highest BCUT2D eigenvalue weighted by Gasteiger charge is 2.38. The van der Waals surface area contributed by atoms with Crippen LogP contribution in [0.15, 0.2) is 76.0 Å². The van der Waals surface area contributed by atoms with Crippen molar-refractivity contribution in [2.24, 2.45) is 5.10 Å². The SMILES string of the molecule is CCS(=O)(=O)Nc1ccc(C2=NN(S(=O)(=O)c3ccc(C)cc3)[C@H](c3cccs3)C2)cc1. The van der Waals surface area contributed by atoms with Crippen LogP contribution in [-0.4, -0.2) is 32.7 Å². The number of rotatable bonds is 7. The van der Waals surface area contributed by atoms with E-state index >= 15 is 0 Å². The fourth-order valence-electron chi connectivity index (χ4n) is 3.38. The number of aryl methyl sites for hydroxylation is 1. The largest absolute Gasteiger partial charge is 0.284 e. The van der Waals surface area contributed by atoms with Gasteiger partial charge in [-0.05, 0) is 55.1 Å². The Hall–Kier alpha value is -2.69. The van der Waals surface area contributed by atoms with Crippen LogP contribution in [0.25, 0.3) is 0 Å². The van der Waals surface area contributed by atoms with Crippen LogP contribution in [0.2, 0.25) is 0 Å². The van der Waals surface area contributed by atoms with Gasteiger partial charge >= 0.3 is 0 Å². The molecule has 0 spiro atoms. The maximum Gasteiger partial charge on any atom is 0.279 e. The van der Waals surface area contributed by atoms with Crippen molar-refractivity contribution in [2.75, 3.05) is 10.5 Å². The summed E-state index contributed by atoms with van der Waals surface area (Å²) in [5.41, 5.74) is 2.80. The van der Waals surface area contributed by atoms with E-state index in [9.17, 15) is 16.8 Å². The van der Waals surface area contributed by atoms with Crippen LogP contribution in [0, 0.1) is 6.92 Å². The van der Waals surface area contributed by atoms with E-state index in [1.807, 2.05) is 24.4 Å². The third-order valence-corrected chi connectivity index (χ3v) is 9.16. The third kappa shape index (κ3) is 4.57. The number of nitrogens with zero attached hydrogens (tertiary/aromatic N) is 2. The summed E-state index contributed by atoms with van der Waals surface area (Å²) in [6, 6.07) is 16.9. The fourth-order valence-corrected chi connectivity index (χ4v) is 6.32. The van der Waals surface area contributed by atoms with Crippen molar-refractivity contribution >= 4 is 42.8 Å². The average Bonchev–Trinajstić information content (AvgIpc) is 3.45. The first-order valence-electron chi connectivity index (χ1n) is 10.0. The van der Waals surface area contributed by atoms with Crippen LogP contribution in [0.3, 0.4) is 0 Å². The summed E-state index contributed by atoms with van der Waals surface area (Å²) in [4.78, 5) is 1.10. The molecular formula is C22H23N3O4S3. The van der Waals surface area contributed by atoms with Crippen LogP contribution in [0.5, 0.6) is 0 Å². The van der Waals surface area contributed by atoms with Gasteiger partial charge in [-0.3, -0.25) is 4.72 Å². The number of hydrogen-bond donors (Lipinski definition) is 1. The molecule has 1 aliphatic rings. The minimum absolute atomic E-state index is 0.0181. The van der Waals surface area contributed by atoms with E-state index in [1.165, 1.54) is 15.8 Å². The highest BCUT2D eigenvalue weighted by molar-refractivity contribution is 7.92. The van der Waals surface area contributed by atoms with E-state index < -0.39 is 26.1 Å². The lowest BCUT2D eigenvalue weighted by Gasteiger charge is -2.22. The summed E-state index contributed by atoms with van der Waals surface area (Å²) in [6.07, 6.45) is 0.422. The molecule has 0 saturated carbocycles. The Morgan fingerprint density at radius 3 is 2.31 bits per heavy atom. The van der Waals surface area contributed by atoms with Gasteiger partial charge in [0.1, 0.15) is 6.04 Å². The lowest BCUT2D eigenvalue weighted by Crippen LogP contribution is -2.26. The first-order chi connectivity index (χ1) is 15.2. The number of sulfonamides is 2. The standard InChI is InChI=1S/C22H23N3O4S3/c1-3-31(26,27)24-18-10-8-17(9-11-18)20-15-21(22-5-4-14-30-22)25(23-20)32(28,29)19-12-6-16(2)7-13-19/h4-14,21,24H,3,15H2,1-2H3/t21-/m0/s1. The molecule has 0 amide bonds. The summed E-state index contributed by atoms with van der Waals surface area (Å²) >= 11 is 1.49. The van der Waals surface area contributed by atoms with Gasteiger partial charge in [-0.1, -0.05) is 35.9 Å². The molecule has 0 bridgehead atoms. The first-order valence-corrected chi connectivity index (χ1v) is 14.0. The second-order valence-electron chi connectivity index (χ2n) is 7.46. The summed E-state index contributed by atoms with van der Waals surface area (Å²) in [6.45, 7) is 3.47. The van der Waals surface area contributed by atoms with Crippen LogP contribution in [0.4, 0.5) is 5.69 Å². The number of benzene rings is 2. The molecule has 168 valence electrons. The van der Waals surface area contributed by atoms with Crippen molar-refractivity contribution < 1.29 is 16.8 Å². The van der Waals surface area contributed by atoms with Gasteiger partial charge in [0.05, 0.1) is 16.4 Å². The lowest BCUT2D eigenvalue weighted by molar-refractivity contribution is 0.375. The van der Waals surface area contributed by atoms with Crippen molar-refractivity contribution in [3.63, 3.8) is 0 Å². The van der Waals surface area contributed by atoms with E-state index in [0.29, 0.717) is 17.8 Å². The van der Waals surface area contributed by atoms with Gasteiger partial charge in [-0.25, -0.2) is 8.42 Å². The molecule has 0 saturated heterocycles. The molecule has 2 heterocycles. The van der Waals surface area contributed by atoms with Crippen LogP contribution >= 0.6 is 11.3 Å². The van der Waals surface area contributed by atoms with Gasteiger partial charge in [0.2, 0.25) is 10.0 Å². The average molecular weight is 490 g/mol. The molecule has 0 radical (unpaired) electrons. The molecule has 0 aliphatic carbocycles. The van der Waals surface area contributed by atoms with E-state index in [1.54, 1.807) is 55.5 Å². The summed E-state index contributed by atoms with van der Waals surface area (Å²) in [7, 11) is -7.22. The molecule has 1 N–H and O–H groups in total. The maximum atomic E-state index is 13.4. The zero-order chi connectivity index (χ0) is 22.9. The Morgan fingerprint density at radius 1 is 1.03 bits per heavy atom. The molecule has 1 aromatic heterocycles. The Labute approximate surface area is 192 Å². The lowest BCUT2D eigenvalue weighted by atomic mass is 10.0. The van der Waals surface area contributed by atoms with Gasteiger partial charge in [0, 0.05) is 17.0 Å². The number of nitrogens with one attached hydrogen (secondary N) is 1. The number of anilines is 1. The predicted octanol–water partition coefficient (Wildman–Crippen LogP) is 4.36. The fraction of sp³-hybridized carbons (Fsp3) is 0.227. The van der Waals surface area contributed by atoms with Crippen molar-refractivity contribution in [2.45, 2.75) is 31.2 Å². The molecule has 2 aromatic carbocycles. The Balaban J connectivity index is 1.69. The molecule has 1 atom stereocenters. The molecule has 7 nitrogen and oxygen atoms in total. The molecule has 0 unspecified atom stereocenters. The van der Waals surface area contributed by atoms with Crippen molar-refractivity contribution in [3.8, 4) is 0 Å². The summed E-state index contributed by atoms with van der Waals surface area (Å²) in [5.74, 6) is -0.0181. The Morgan fingerprint density at radius 2 is 1.72 bits per heavy atom. The molecule has 10 heteroatoms. The van der Waals surface area contributed by atoms with Gasteiger partial charge < -0.3 is 0 Å². The topological polar surface area (TPSA) is 95.9 Å². The summed E-state index contributed by atoms with van der Waals surface area (Å²) in [5, 5.41) is 6.43. The van der Waals surface area contributed by atoms with Crippen LogP contribution in [0.1, 0.15) is 35.4 Å². The van der Waals surface area contributed by atoms with E-state index in [4.69, 9.17) is 0 Å². The number of hydrogen-bond acceptors (Lipinski definition) is 6. The highest BCUT2D eigenvalue weighted by atomic mass is 32.2. The maximum absolute atomic E-state index is 13.4. The zero-order valence-electron chi connectivity index (χ0n) is 17.6. The molecule has 3 aromatic rings. The second kappa shape index (κ2) is 8.68. The van der Waals surface area contributed by atoms with E-state index in [0.717, 1.165) is 16.0 Å². The molecular weight excluding hydrogens is 466 g/mol. The van der Waals surface area contributed by atoms with Gasteiger partial charge in [-0.2, -0.15) is 17.9 Å². The van der Waals surface area contributed by atoms with E-state index in [-0.39, 0.29) is 10.6 Å². The quantitative estimate of drug-likeness (QED) is 0.533. The first kappa shape index (κ1) is 22.5. The highest BCUT2D eigenvalue weighted by Crippen LogP contribution is 2.39. The van der Waals surface area contributed by atoms with Crippen molar-refractivity contribution in [1.82, 2.24) is 4.41 Å². The monoisotopic (exact) mass is 489 g/mol. The minimum Gasteiger partial charge on any atom is -0.284 e. The van der Waals surface area contributed by atoms with Gasteiger partial charge in [0.15, 0.2) is 0 Å². The zero-order valence-corrected chi connectivity index (χ0v) is 20.0. The van der Waals surface area contributed by atoms with Crippen molar-refractivity contribution in [3.05, 3.63) is 82.0 Å². The van der Waals surface area contributed by atoms with Gasteiger partial charge in [0.25, 0.3) is 10.0 Å². The predicted molar refractivity (Wildman–Crippen MR) is 128 cm³/mol. The van der Waals surface area contributed by atoms with Crippen LogP contribution < -0.4 is 4.72 Å². The molecule has 0 fully saturated rings. The van der Waals surface area contributed by atoms with Crippen LogP contribution in [-0.2, 0) is 20.0 Å². The van der Waals surface area contributed by atoms with Crippen molar-refractivity contribution in [1.29, 1.82) is 0 Å². The molecule has 1 aliphatic heterocycles. The van der Waals surface area contributed by atoms with Gasteiger partial charge in [-0.15, -0.1) is 11.3 Å². The Bertz CT molecular complexity index is 1330. The summed E-state index contributed by atoms with van der Waals surface area (Å²) < 4.78 is 54.1. The number of thiophene rings is 1. The molecule has 4 rings (SSSR count). The third-order valence-electron chi connectivity index (χ3n) is 5.18. The normalized spacial score (nSPS) is 16.8. The Kier molecular flexibility index (Phi) is 6.11. The smallest absolute Gasteiger partial charge is 0.279 e. The van der Waals surface area contributed by atoms with E-state index in [2.05, 4.69) is 9.82 Å². The molecule has 32 heavy (non-hydrogen) atoms. The second-order valence-corrected chi connectivity index (χ2v) is 12.2.